The van der Waals surface area contributed by atoms with Gasteiger partial charge < -0.3 is 5.32 Å². The van der Waals surface area contributed by atoms with Crippen molar-refractivity contribution in [2.45, 2.75) is 44.9 Å². The van der Waals surface area contributed by atoms with E-state index in [-0.39, 0.29) is 5.91 Å². The molecule has 1 N–H and O–H groups in total. The lowest BCUT2D eigenvalue weighted by molar-refractivity contribution is -0.116. The van der Waals surface area contributed by atoms with E-state index in [1.54, 1.807) is 22.7 Å². The third-order valence-electron chi connectivity index (χ3n) is 3.52. The molecule has 0 aliphatic heterocycles. The third-order valence-corrected chi connectivity index (χ3v) is 5.53. The molecule has 1 amide bonds. The summed E-state index contributed by atoms with van der Waals surface area (Å²) in [7, 11) is 0. The highest BCUT2D eigenvalue weighted by molar-refractivity contribution is 7.15. The van der Waals surface area contributed by atoms with Gasteiger partial charge in [-0.05, 0) is 43.6 Å². The molecule has 2 aromatic heterocycles. The number of aryl methyl sites for hydroxylation is 3. The van der Waals surface area contributed by atoms with Crippen LogP contribution in [0.25, 0.3) is 0 Å². The Hall–Kier alpha value is -1.20. The summed E-state index contributed by atoms with van der Waals surface area (Å²) in [6.07, 6.45) is 7.31. The van der Waals surface area contributed by atoms with E-state index < -0.39 is 0 Å². The Kier molecular flexibility index (Phi) is 4.47. The van der Waals surface area contributed by atoms with Crippen LogP contribution in [0, 0.1) is 0 Å². The highest BCUT2D eigenvalue weighted by atomic mass is 32.1. The molecule has 1 aliphatic carbocycles. The highest BCUT2D eigenvalue weighted by Gasteiger charge is 2.15. The molecule has 3 nitrogen and oxygen atoms in total. The average molecular weight is 306 g/mol. The van der Waals surface area contributed by atoms with E-state index in [1.165, 1.54) is 34.7 Å². The maximum Gasteiger partial charge on any atom is 0.226 e. The van der Waals surface area contributed by atoms with Crippen LogP contribution in [-0.4, -0.2) is 10.9 Å². The topological polar surface area (TPSA) is 42.0 Å². The fourth-order valence-electron chi connectivity index (χ4n) is 2.46. The van der Waals surface area contributed by atoms with Gasteiger partial charge in [-0.3, -0.25) is 4.79 Å². The fourth-order valence-corrected chi connectivity index (χ4v) is 4.23. The summed E-state index contributed by atoms with van der Waals surface area (Å²) >= 11 is 3.36. The largest absolute Gasteiger partial charge is 0.302 e. The second kappa shape index (κ2) is 6.50. The van der Waals surface area contributed by atoms with Gasteiger partial charge in [0.25, 0.3) is 0 Å². The number of anilines is 1. The van der Waals surface area contributed by atoms with Crippen molar-refractivity contribution in [1.82, 2.24) is 4.98 Å². The van der Waals surface area contributed by atoms with Gasteiger partial charge in [-0.1, -0.05) is 12.5 Å². The molecule has 0 bridgehead atoms. The zero-order chi connectivity index (χ0) is 13.8. The molecule has 106 valence electrons. The zero-order valence-corrected chi connectivity index (χ0v) is 13.0. The Bertz CT molecular complexity index is 551. The number of hydrogen-bond acceptors (Lipinski definition) is 4. The molecule has 20 heavy (non-hydrogen) atoms. The van der Waals surface area contributed by atoms with E-state index in [9.17, 15) is 4.79 Å². The number of rotatable bonds is 4. The zero-order valence-electron chi connectivity index (χ0n) is 11.4. The first-order chi connectivity index (χ1) is 9.81. The Morgan fingerprint density at radius 2 is 2.20 bits per heavy atom. The van der Waals surface area contributed by atoms with Crippen LogP contribution in [0.3, 0.4) is 0 Å². The van der Waals surface area contributed by atoms with Crippen molar-refractivity contribution in [1.29, 1.82) is 0 Å². The Morgan fingerprint density at radius 3 is 3.05 bits per heavy atom. The predicted molar refractivity (Wildman–Crippen MR) is 84.6 cm³/mol. The predicted octanol–water partition coefficient (Wildman–Crippen LogP) is 4.04. The molecule has 5 heteroatoms. The van der Waals surface area contributed by atoms with Gasteiger partial charge in [-0.2, -0.15) is 0 Å². The first-order valence-corrected chi connectivity index (χ1v) is 8.82. The Morgan fingerprint density at radius 1 is 1.30 bits per heavy atom. The maximum absolute atomic E-state index is 11.9. The SMILES string of the molecule is O=C(CCc1cccs1)Nc1nc2c(s1)CCCCC2. The number of carbonyl (C=O) groups is 1. The van der Waals surface area contributed by atoms with Gasteiger partial charge in [0.05, 0.1) is 5.69 Å². The molecule has 0 radical (unpaired) electrons. The van der Waals surface area contributed by atoms with Crippen LogP contribution in [0.15, 0.2) is 17.5 Å². The van der Waals surface area contributed by atoms with E-state index in [4.69, 9.17) is 0 Å². The molecule has 0 fully saturated rings. The first-order valence-electron chi connectivity index (χ1n) is 7.12. The van der Waals surface area contributed by atoms with Crippen molar-refractivity contribution in [3.8, 4) is 0 Å². The molecule has 0 saturated carbocycles. The fraction of sp³-hybridized carbons (Fsp3) is 0.467. The molecule has 0 spiro atoms. The summed E-state index contributed by atoms with van der Waals surface area (Å²) in [5, 5.41) is 5.79. The van der Waals surface area contributed by atoms with Crippen LogP contribution in [0.2, 0.25) is 0 Å². The average Bonchev–Trinajstić information content (AvgIpc) is 3.03. The Balaban J connectivity index is 1.56. The van der Waals surface area contributed by atoms with Crippen LogP contribution in [0.5, 0.6) is 0 Å². The van der Waals surface area contributed by atoms with Gasteiger partial charge in [0.15, 0.2) is 5.13 Å². The van der Waals surface area contributed by atoms with Gasteiger partial charge in [-0.15, -0.1) is 22.7 Å². The number of nitrogens with one attached hydrogen (secondary N) is 1. The van der Waals surface area contributed by atoms with Crippen molar-refractivity contribution in [3.63, 3.8) is 0 Å². The van der Waals surface area contributed by atoms with Crippen molar-refractivity contribution in [2.75, 3.05) is 5.32 Å². The third kappa shape index (κ3) is 3.46. The molecular formula is C15H18N2OS2. The minimum atomic E-state index is 0.0716. The number of hydrogen-bond donors (Lipinski definition) is 1. The molecule has 0 aromatic carbocycles. The molecule has 2 aromatic rings. The van der Waals surface area contributed by atoms with E-state index in [2.05, 4.69) is 16.4 Å². The number of thiazole rings is 1. The summed E-state index contributed by atoms with van der Waals surface area (Å²) in [4.78, 5) is 19.2. The lowest BCUT2D eigenvalue weighted by Crippen LogP contribution is -2.11. The van der Waals surface area contributed by atoms with Crippen LogP contribution in [0.4, 0.5) is 5.13 Å². The van der Waals surface area contributed by atoms with Crippen molar-refractivity contribution >= 4 is 33.7 Å². The molecule has 1 aliphatic rings. The molecule has 0 saturated heterocycles. The standard InChI is InChI=1S/C15H18N2OS2/c18-14(9-8-11-5-4-10-19-11)17-15-16-12-6-2-1-3-7-13(12)20-15/h4-5,10H,1-3,6-9H2,(H,16,17,18). The second-order valence-corrected chi connectivity index (χ2v) is 7.19. The summed E-state index contributed by atoms with van der Waals surface area (Å²) in [5.74, 6) is 0.0716. The monoisotopic (exact) mass is 306 g/mol. The van der Waals surface area contributed by atoms with Gasteiger partial charge >= 0.3 is 0 Å². The molecule has 0 atom stereocenters. The Labute approximate surface area is 127 Å². The normalized spacial score (nSPS) is 14.6. The van der Waals surface area contributed by atoms with Crippen LogP contribution in [-0.2, 0) is 24.1 Å². The molecule has 2 heterocycles. The lowest BCUT2D eigenvalue weighted by Gasteiger charge is -2.00. The number of nitrogens with zero attached hydrogens (tertiary/aromatic N) is 1. The van der Waals surface area contributed by atoms with Gasteiger partial charge in [0.1, 0.15) is 0 Å². The van der Waals surface area contributed by atoms with Crippen LogP contribution in [0.1, 0.15) is 41.1 Å². The maximum atomic E-state index is 11.9. The van der Waals surface area contributed by atoms with Gasteiger partial charge in [-0.25, -0.2) is 4.98 Å². The summed E-state index contributed by atoms with van der Waals surface area (Å²) in [6, 6.07) is 4.10. The highest BCUT2D eigenvalue weighted by Crippen LogP contribution is 2.29. The molecular weight excluding hydrogens is 288 g/mol. The molecule has 0 unspecified atom stereocenters. The van der Waals surface area contributed by atoms with Gasteiger partial charge in [0.2, 0.25) is 5.91 Å². The minimum absolute atomic E-state index is 0.0716. The number of aromatic nitrogens is 1. The second-order valence-electron chi connectivity index (χ2n) is 5.08. The van der Waals surface area contributed by atoms with Crippen LogP contribution >= 0.6 is 22.7 Å². The number of carbonyl (C=O) groups excluding carboxylic acids is 1. The summed E-state index contributed by atoms with van der Waals surface area (Å²) < 4.78 is 0. The van der Waals surface area contributed by atoms with E-state index in [1.807, 2.05) is 11.4 Å². The van der Waals surface area contributed by atoms with Crippen molar-refractivity contribution in [3.05, 3.63) is 33.0 Å². The van der Waals surface area contributed by atoms with Gasteiger partial charge in [0, 0.05) is 16.2 Å². The first kappa shape index (κ1) is 13.8. The van der Waals surface area contributed by atoms with E-state index >= 15 is 0 Å². The van der Waals surface area contributed by atoms with E-state index in [0.717, 1.165) is 24.4 Å². The van der Waals surface area contributed by atoms with Crippen molar-refractivity contribution in [2.24, 2.45) is 0 Å². The summed E-state index contributed by atoms with van der Waals surface area (Å²) in [6.45, 7) is 0. The quantitative estimate of drug-likeness (QED) is 0.866. The van der Waals surface area contributed by atoms with E-state index in [0.29, 0.717) is 6.42 Å². The van der Waals surface area contributed by atoms with Crippen LogP contribution < -0.4 is 5.32 Å². The smallest absolute Gasteiger partial charge is 0.226 e. The lowest BCUT2D eigenvalue weighted by atomic mass is 10.2. The van der Waals surface area contributed by atoms with Crippen molar-refractivity contribution < 1.29 is 4.79 Å². The number of amides is 1. The summed E-state index contributed by atoms with van der Waals surface area (Å²) in [5.41, 5.74) is 1.21. The number of thiophene rings is 1. The molecule has 3 rings (SSSR count). The minimum Gasteiger partial charge on any atom is -0.302 e. The number of fused-ring (bicyclic) bond motifs is 1.